The number of hydrogen-bond donors (Lipinski definition) is 0. The van der Waals surface area contributed by atoms with E-state index < -0.39 is 17.6 Å². The van der Waals surface area contributed by atoms with Crippen LogP contribution in [-0.4, -0.2) is 71.3 Å². The summed E-state index contributed by atoms with van der Waals surface area (Å²) in [6.45, 7) is 4.60. The molecular weight excluding hydrogens is 431 g/mol. The van der Waals surface area contributed by atoms with E-state index in [1.807, 2.05) is 4.90 Å². The molecule has 1 saturated carbocycles. The lowest BCUT2D eigenvalue weighted by molar-refractivity contribution is -0.143. The fourth-order valence-electron chi connectivity index (χ4n) is 5.81. The molecule has 0 spiro atoms. The summed E-state index contributed by atoms with van der Waals surface area (Å²) in [5.74, 6) is -0.0629. The van der Waals surface area contributed by atoms with Gasteiger partial charge in [0.05, 0.1) is 17.2 Å². The Kier molecular flexibility index (Phi) is 7.31. The first kappa shape index (κ1) is 24.0. The van der Waals surface area contributed by atoms with Crippen LogP contribution in [0.3, 0.4) is 0 Å². The van der Waals surface area contributed by atoms with E-state index in [0.29, 0.717) is 32.1 Å². The summed E-state index contributed by atoms with van der Waals surface area (Å²) in [6, 6.07) is 5.03. The normalized spacial score (nSPS) is 24.2. The maximum absolute atomic E-state index is 13.7. The molecule has 2 aliphatic heterocycles. The topological polar surface area (TPSA) is 43.9 Å². The van der Waals surface area contributed by atoms with Gasteiger partial charge in [0.15, 0.2) is 0 Å². The molecule has 33 heavy (non-hydrogen) atoms. The second-order valence-corrected chi connectivity index (χ2v) is 9.74. The van der Waals surface area contributed by atoms with Crippen molar-refractivity contribution in [2.75, 3.05) is 32.7 Å². The molecule has 2 saturated heterocycles. The zero-order valence-corrected chi connectivity index (χ0v) is 19.3. The second kappa shape index (κ2) is 10.0. The molecule has 0 aromatic heterocycles. The number of carbonyl (C=O) groups excluding carboxylic acids is 2. The lowest BCUT2D eigenvalue weighted by Crippen LogP contribution is -2.60. The SMILES string of the molecule is C[C@@H]1CCCCN1C(=O)[C@H](C1CCCC1)N1CCN(C(=O)c2ccccc2C(F)(F)F)CC1. The Morgan fingerprint density at radius 1 is 0.909 bits per heavy atom. The number of likely N-dealkylation sites (tertiary alicyclic amines) is 1. The minimum absolute atomic E-state index is 0.187. The van der Waals surface area contributed by atoms with Gasteiger partial charge in [0, 0.05) is 38.8 Å². The molecular formula is C25H34F3N3O2. The fourth-order valence-corrected chi connectivity index (χ4v) is 5.81. The van der Waals surface area contributed by atoms with Gasteiger partial charge in [-0.1, -0.05) is 25.0 Å². The molecule has 3 fully saturated rings. The van der Waals surface area contributed by atoms with Crippen LogP contribution in [0.15, 0.2) is 24.3 Å². The largest absolute Gasteiger partial charge is 0.417 e. The van der Waals surface area contributed by atoms with Gasteiger partial charge in [0.25, 0.3) is 5.91 Å². The molecule has 3 aliphatic rings. The maximum Gasteiger partial charge on any atom is 0.417 e. The number of halogens is 3. The highest BCUT2D eigenvalue weighted by molar-refractivity contribution is 5.96. The highest BCUT2D eigenvalue weighted by atomic mass is 19.4. The monoisotopic (exact) mass is 465 g/mol. The number of alkyl halides is 3. The van der Waals surface area contributed by atoms with Crippen LogP contribution in [0.5, 0.6) is 0 Å². The van der Waals surface area contributed by atoms with Crippen molar-refractivity contribution in [2.45, 2.75) is 70.1 Å². The molecule has 0 bridgehead atoms. The Labute approximate surface area is 193 Å². The molecule has 182 valence electrons. The van der Waals surface area contributed by atoms with Gasteiger partial charge in [-0.25, -0.2) is 0 Å². The molecule has 2 heterocycles. The van der Waals surface area contributed by atoms with Crippen molar-refractivity contribution in [3.8, 4) is 0 Å². The summed E-state index contributed by atoms with van der Waals surface area (Å²) in [7, 11) is 0. The van der Waals surface area contributed by atoms with Crippen molar-refractivity contribution < 1.29 is 22.8 Å². The van der Waals surface area contributed by atoms with Crippen LogP contribution in [-0.2, 0) is 11.0 Å². The van der Waals surface area contributed by atoms with E-state index in [4.69, 9.17) is 0 Å². The summed E-state index contributed by atoms with van der Waals surface area (Å²) in [5, 5.41) is 0. The number of nitrogens with zero attached hydrogens (tertiary/aromatic N) is 3. The van der Waals surface area contributed by atoms with E-state index in [1.165, 1.54) is 23.1 Å². The van der Waals surface area contributed by atoms with Crippen molar-refractivity contribution in [3.63, 3.8) is 0 Å². The second-order valence-electron chi connectivity index (χ2n) is 9.74. The Morgan fingerprint density at radius 2 is 1.55 bits per heavy atom. The first-order valence-electron chi connectivity index (χ1n) is 12.3. The molecule has 1 aromatic rings. The number of rotatable bonds is 4. The number of hydrogen-bond acceptors (Lipinski definition) is 3. The van der Waals surface area contributed by atoms with Crippen molar-refractivity contribution in [1.82, 2.24) is 14.7 Å². The van der Waals surface area contributed by atoms with E-state index >= 15 is 0 Å². The van der Waals surface area contributed by atoms with E-state index in [1.54, 1.807) is 0 Å². The molecule has 8 heteroatoms. The van der Waals surface area contributed by atoms with Crippen molar-refractivity contribution in [2.24, 2.45) is 5.92 Å². The number of piperazine rings is 1. The Bertz CT molecular complexity index is 846. The van der Waals surface area contributed by atoms with Crippen molar-refractivity contribution in [1.29, 1.82) is 0 Å². The van der Waals surface area contributed by atoms with Crippen LogP contribution in [0.4, 0.5) is 13.2 Å². The Hall–Kier alpha value is -2.09. The number of piperidine rings is 1. The van der Waals surface area contributed by atoms with Crippen LogP contribution < -0.4 is 0 Å². The van der Waals surface area contributed by atoms with Gasteiger partial charge in [-0.3, -0.25) is 14.5 Å². The molecule has 2 atom stereocenters. The van der Waals surface area contributed by atoms with Crippen LogP contribution in [0, 0.1) is 5.92 Å². The standard InChI is InChI=1S/C25H34F3N3O2/c1-18-8-6-7-13-31(18)24(33)22(19-9-2-3-10-19)29-14-16-30(17-15-29)23(32)20-11-4-5-12-21(20)25(26,27)28/h4-5,11-12,18-19,22H,2-3,6-10,13-17H2,1H3/t18-,22+/m1/s1. The average Bonchev–Trinajstić information content (AvgIpc) is 3.33. The highest BCUT2D eigenvalue weighted by Crippen LogP contribution is 2.34. The molecule has 1 aliphatic carbocycles. The third kappa shape index (κ3) is 5.20. The predicted molar refractivity (Wildman–Crippen MR) is 120 cm³/mol. The third-order valence-corrected chi connectivity index (χ3v) is 7.64. The smallest absolute Gasteiger partial charge is 0.339 e. The van der Waals surface area contributed by atoms with Gasteiger partial charge < -0.3 is 9.80 Å². The zero-order valence-electron chi connectivity index (χ0n) is 19.3. The summed E-state index contributed by atoms with van der Waals surface area (Å²) in [4.78, 5) is 32.4. The number of amides is 2. The van der Waals surface area contributed by atoms with Crippen molar-refractivity contribution in [3.05, 3.63) is 35.4 Å². The van der Waals surface area contributed by atoms with E-state index in [-0.39, 0.29) is 23.6 Å². The molecule has 2 amide bonds. The minimum atomic E-state index is -4.57. The van der Waals surface area contributed by atoms with Gasteiger partial charge in [-0.05, 0) is 57.1 Å². The quantitative estimate of drug-likeness (QED) is 0.661. The molecule has 5 nitrogen and oxygen atoms in total. The van der Waals surface area contributed by atoms with E-state index in [2.05, 4.69) is 11.8 Å². The van der Waals surface area contributed by atoms with Crippen LogP contribution in [0.2, 0.25) is 0 Å². The zero-order chi connectivity index (χ0) is 23.6. The van der Waals surface area contributed by atoms with Gasteiger partial charge in [-0.2, -0.15) is 13.2 Å². The lowest BCUT2D eigenvalue weighted by Gasteiger charge is -2.44. The third-order valence-electron chi connectivity index (χ3n) is 7.64. The van der Waals surface area contributed by atoms with Gasteiger partial charge in [-0.15, -0.1) is 0 Å². The Balaban J connectivity index is 1.47. The summed E-state index contributed by atoms with van der Waals surface area (Å²) in [5.41, 5.74) is -1.19. The van der Waals surface area contributed by atoms with Crippen molar-refractivity contribution >= 4 is 11.8 Å². The first-order chi connectivity index (χ1) is 15.8. The lowest BCUT2D eigenvalue weighted by atomic mass is 9.92. The highest BCUT2D eigenvalue weighted by Gasteiger charge is 2.41. The predicted octanol–water partition coefficient (Wildman–Crippen LogP) is 4.42. The van der Waals surface area contributed by atoms with E-state index in [0.717, 1.165) is 57.6 Å². The maximum atomic E-state index is 13.7. The number of carbonyl (C=O) groups is 2. The van der Waals surface area contributed by atoms with Crippen LogP contribution >= 0.6 is 0 Å². The minimum Gasteiger partial charge on any atom is -0.339 e. The summed E-state index contributed by atoms with van der Waals surface area (Å²) >= 11 is 0. The molecule has 4 rings (SSSR count). The van der Waals surface area contributed by atoms with Gasteiger partial charge in [0.1, 0.15) is 0 Å². The van der Waals surface area contributed by atoms with Gasteiger partial charge in [0.2, 0.25) is 5.91 Å². The molecule has 0 unspecified atom stereocenters. The van der Waals surface area contributed by atoms with E-state index in [9.17, 15) is 22.8 Å². The molecule has 0 radical (unpaired) electrons. The molecule has 0 N–H and O–H groups in total. The molecule has 1 aromatic carbocycles. The Morgan fingerprint density at radius 3 is 2.18 bits per heavy atom. The summed E-state index contributed by atoms with van der Waals surface area (Å²) < 4.78 is 40.2. The van der Waals surface area contributed by atoms with Gasteiger partial charge >= 0.3 is 6.18 Å². The van der Waals surface area contributed by atoms with Crippen LogP contribution in [0.1, 0.15) is 67.8 Å². The first-order valence-corrected chi connectivity index (χ1v) is 12.3. The summed E-state index contributed by atoms with van der Waals surface area (Å²) in [6.07, 6.45) is 3.00. The number of benzene rings is 1. The van der Waals surface area contributed by atoms with Crippen LogP contribution in [0.25, 0.3) is 0 Å². The fraction of sp³-hybridized carbons (Fsp3) is 0.680. The average molecular weight is 466 g/mol.